The van der Waals surface area contributed by atoms with Crippen molar-refractivity contribution in [3.63, 3.8) is 0 Å². The van der Waals surface area contributed by atoms with Gasteiger partial charge in [-0.05, 0) is 38.8 Å². The monoisotopic (exact) mass is 195 g/mol. The van der Waals surface area contributed by atoms with Gasteiger partial charge in [-0.3, -0.25) is 4.79 Å². The maximum absolute atomic E-state index is 11.6. The molecule has 0 fully saturated rings. The third-order valence-corrected chi connectivity index (χ3v) is 2.38. The topological polar surface area (TPSA) is 42.2 Å². The number of nitrogens with one attached hydrogen (secondary N) is 1. The minimum Gasteiger partial charge on any atom is -0.456 e. The molecule has 1 aromatic heterocycles. The molecule has 0 bridgehead atoms. The van der Waals surface area contributed by atoms with Gasteiger partial charge >= 0.3 is 0 Å². The summed E-state index contributed by atoms with van der Waals surface area (Å²) in [7, 11) is 0. The molecule has 1 rings (SSSR count). The quantitative estimate of drug-likeness (QED) is 0.804. The number of aryl methyl sites for hydroxylation is 2. The Kier molecular flexibility index (Phi) is 3.33. The molecule has 1 N–H and O–H groups in total. The van der Waals surface area contributed by atoms with E-state index in [1.165, 1.54) is 0 Å². The number of carbonyl (C=O) groups excluding carboxylic acids is 1. The first kappa shape index (κ1) is 10.8. The molecule has 0 aliphatic rings. The molecule has 1 unspecified atom stereocenters. The van der Waals surface area contributed by atoms with E-state index in [2.05, 4.69) is 5.32 Å². The molecule has 1 amide bonds. The van der Waals surface area contributed by atoms with Crippen LogP contribution in [0.3, 0.4) is 0 Å². The lowest BCUT2D eigenvalue weighted by Crippen LogP contribution is -2.31. The summed E-state index contributed by atoms with van der Waals surface area (Å²) in [4.78, 5) is 11.6. The van der Waals surface area contributed by atoms with Crippen molar-refractivity contribution in [2.24, 2.45) is 0 Å². The lowest BCUT2D eigenvalue weighted by Gasteiger charge is -2.09. The smallest absolute Gasteiger partial charge is 0.287 e. The molecule has 0 saturated heterocycles. The first-order valence-corrected chi connectivity index (χ1v) is 4.92. The Hall–Kier alpha value is -1.25. The Morgan fingerprint density at radius 2 is 2.21 bits per heavy atom. The van der Waals surface area contributed by atoms with Crippen LogP contribution in [0.2, 0.25) is 0 Å². The van der Waals surface area contributed by atoms with Crippen LogP contribution in [0.15, 0.2) is 10.5 Å². The van der Waals surface area contributed by atoms with Crippen molar-refractivity contribution in [2.75, 3.05) is 0 Å². The fourth-order valence-corrected chi connectivity index (χ4v) is 1.08. The van der Waals surface area contributed by atoms with E-state index in [0.29, 0.717) is 5.76 Å². The van der Waals surface area contributed by atoms with Gasteiger partial charge in [-0.25, -0.2) is 0 Å². The number of hydrogen-bond donors (Lipinski definition) is 1. The standard InChI is InChI=1S/C11H17NO2/c1-5-8(3)12-11(13)10-6-7(2)9(4)14-10/h6,8H,5H2,1-4H3,(H,12,13). The maximum Gasteiger partial charge on any atom is 0.287 e. The van der Waals surface area contributed by atoms with Crippen LogP contribution in [0.1, 0.15) is 42.1 Å². The SMILES string of the molecule is CCC(C)NC(=O)c1cc(C)c(C)o1. The van der Waals surface area contributed by atoms with Gasteiger partial charge in [0, 0.05) is 6.04 Å². The van der Waals surface area contributed by atoms with Gasteiger partial charge in [-0.1, -0.05) is 6.92 Å². The van der Waals surface area contributed by atoms with E-state index in [9.17, 15) is 4.79 Å². The first-order valence-electron chi connectivity index (χ1n) is 4.92. The summed E-state index contributed by atoms with van der Waals surface area (Å²) < 4.78 is 5.31. The third-order valence-electron chi connectivity index (χ3n) is 2.38. The van der Waals surface area contributed by atoms with Gasteiger partial charge in [-0.2, -0.15) is 0 Å². The normalized spacial score (nSPS) is 12.6. The third kappa shape index (κ3) is 2.37. The highest BCUT2D eigenvalue weighted by atomic mass is 16.3. The van der Waals surface area contributed by atoms with Crippen molar-refractivity contribution in [2.45, 2.75) is 40.2 Å². The van der Waals surface area contributed by atoms with E-state index in [1.807, 2.05) is 27.7 Å². The van der Waals surface area contributed by atoms with E-state index >= 15 is 0 Å². The van der Waals surface area contributed by atoms with Gasteiger partial charge in [0.05, 0.1) is 0 Å². The van der Waals surface area contributed by atoms with Gasteiger partial charge in [0.2, 0.25) is 0 Å². The number of rotatable bonds is 3. The summed E-state index contributed by atoms with van der Waals surface area (Å²) >= 11 is 0. The van der Waals surface area contributed by atoms with Crippen LogP contribution < -0.4 is 5.32 Å². The van der Waals surface area contributed by atoms with E-state index in [4.69, 9.17) is 4.42 Å². The molecule has 0 aromatic carbocycles. The second-order valence-electron chi connectivity index (χ2n) is 3.63. The van der Waals surface area contributed by atoms with Crippen LogP contribution in [0, 0.1) is 13.8 Å². The molecule has 78 valence electrons. The summed E-state index contributed by atoms with van der Waals surface area (Å²) in [5, 5.41) is 2.85. The molecule has 1 aromatic rings. The maximum atomic E-state index is 11.6. The molecule has 0 aliphatic carbocycles. The van der Waals surface area contributed by atoms with Gasteiger partial charge < -0.3 is 9.73 Å². The summed E-state index contributed by atoms with van der Waals surface area (Å²) in [6.07, 6.45) is 0.921. The van der Waals surface area contributed by atoms with E-state index in [0.717, 1.165) is 17.7 Å². The van der Waals surface area contributed by atoms with E-state index in [1.54, 1.807) is 6.07 Å². The largest absolute Gasteiger partial charge is 0.456 e. The molecular weight excluding hydrogens is 178 g/mol. The van der Waals surface area contributed by atoms with Crippen LogP contribution in [0.4, 0.5) is 0 Å². The van der Waals surface area contributed by atoms with Crippen molar-refractivity contribution >= 4 is 5.91 Å². The molecule has 0 aliphatic heterocycles. The zero-order valence-electron chi connectivity index (χ0n) is 9.18. The van der Waals surface area contributed by atoms with Gasteiger partial charge in [-0.15, -0.1) is 0 Å². The lowest BCUT2D eigenvalue weighted by atomic mass is 10.2. The summed E-state index contributed by atoms with van der Waals surface area (Å²) in [6.45, 7) is 7.79. The predicted molar refractivity (Wildman–Crippen MR) is 55.4 cm³/mol. The van der Waals surface area contributed by atoms with Gasteiger partial charge in [0.25, 0.3) is 5.91 Å². The first-order chi connectivity index (χ1) is 6.54. The lowest BCUT2D eigenvalue weighted by molar-refractivity contribution is 0.0910. The van der Waals surface area contributed by atoms with Crippen molar-refractivity contribution < 1.29 is 9.21 Å². The summed E-state index contributed by atoms with van der Waals surface area (Å²) in [6, 6.07) is 1.96. The van der Waals surface area contributed by atoms with Crippen molar-refractivity contribution in [3.8, 4) is 0 Å². The summed E-state index contributed by atoms with van der Waals surface area (Å²) in [5.41, 5.74) is 1.01. The van der Waals surface area contributed by atoms with E-state index in [-0.39, 0.29) is 11.9 Å². The highest BCUT2D eigenvalue weighted by Gasteiger charge is 2.13. The zero-order chi connectivity index (χ0) is 10.7. The van der Waals surface area contributed by atoms with Crippen molar-refractivity contribution in [1.82, 2.24) is 5.32 Å². The highest BCUT2D eigenvalue weighted by Crippen LogP contribution is 2.13. The molecular formula is C11H17NO2. The fourth-order valence-electron chi connectivity index (χ4n) is 1.08. The Bertz CT molecular complexity index is 309. The van der Waals surface area contributed by atoms with Crippen LogP contribution in [-0.4, -0.2) is 11.9 Å². The number of furan rings is 1. The number of carbonyl (C=O) groups is 1. The predicted octanol–water partition coefficient (Wildman–Crippen LogP) is 2.42. The van der Waals surface area contributed by atoms with Gasteiger partial charge in [0.1, 0.15) is 5.76 Å². The highest BCUT2D eigenvalue weighted by molar-refractivity contribution is 5.91. The second-order valence-corrected chi connectivity index (χ2v) is 3.63. The molecule has 3 heteroatoms. The molecule has 1 atom stereocenters. The van der Waals surface area contributed by atoms with Crippen molar-refractivity contribution in [3.05, 3.63) is 23.2 Å². The average Bonchev–Trinajstić information content (AvgIpc) is 2.47. The number of hydrogen-bond acceptors (Lipinski definition) is 2. The average molecular weight is 195 g/mol. The Morgan fingerprint density at radius 3 is 2.64 bits per heavy atom. The van der Waals surface area contributed by atoms with Crippen LogP contribution in [-0.2, 0) is 0 Å². The van der Waals surface area contributed by atoms with Crippen LogP contribution in [0.5, 0.6) is 0 Å². The second kappa shape index (κ2) is 4.31. The van der Waals surface area contributed by atoms with Crippen LogP contribution >= 0.6 is 0 Å². The number of amides is 1. The molecule has 0 radical (unpaired) electrons. The zero-order valence-corrected chi connectivity index (χ0v) is 9.18. The minimum absolute atomic E-state index is 0.129. The van der Waals surface area contributed by atoms with Gasteiger partial charge in [0.15, 0.2) is 5.76 Å². The Labute approximate surface area is 84.5 Å². The Morgan fingerprint density at radius 1 is 1.57 bits per heavy atom. The molecule has 1 heterocycles. The molecule has 0 saturated carbocycles. The Balaban J connectivity index is 2.70. The fraction of sp³-hybridized carbons (Fsp3) is 0.545. The summed E-state index contributed by atoms with van der Waals surface area (Å²) in [5.74, 6) is 1.08. The minimum atomic E-state index is -0.129. The molecule has 3 nitrogen and oxygen atoms in total. The van der Waals surface area contributed by atoms with Crippen LogP contribution in [0.25, 0.3) is 0 Å². The van der Waals surface area contributed by atoms with Crippen molar-refractivity contribution in [1.29, 1.82) is 0 Å². The van der Waals surface area contributed by atoms with E-state index < -0.39 is 0 Å². The molecule has 14 heavy (non-hydrogen) atoms. The molecule has 0 spiro atoms.